The average molecular weight is 330 g/mol. The molecule has 2 atom stereocenters. The molecule has 1 aromatic carbocycles. The number of nitrogens with one attached hydrogen (secondary N) is 2. The van der Waals surface area contributed by atoms with E-state index in [9.17, 15) is 14.4 Å². The summed E-state index contributed by atoms with van der Waals surface area (Å²) in [5.41, 5.74) is 0.927. The summed E-state index contributed by atoms with van der Waals surface area (Å²) in [6.45, 7) is 3.11. The zero-order valence-corrected chi connectivity index (χ0v) is 13.8. The molecule has 6 nitrogen and oxygen atoms in total. The van der Waals surface area contributed by atoms with E-state index < -0.39 is 11.8 Å². The van der Waals surface area contributed by atoms with Gasteiger partial charge in [-0.05, 0) is 37.0 Å². The summed E-state index contributed by atoms with van der Waals surface area (Å²) in [6.07, 6.45) is 5.05. The number of carbonyl (C=O) groups excluding carboxylic acids is 3. The van der Waals surface area contributed by atoms with Crippen molar-refractivity contribution in [3.05, 3.63) is 34.9 Å². The molecule has 128 valence electrons. The summed E-state index contributed by atoms with van der Waals surface area (Å²) in [5.74, 6) is -0.580. The third-order valence-electron chi connectivity index (χ3n) is 4.75. The van der Waals surface area contributed by atoms with Crippen molar-refractivity contribution >= 4 is 17.7 Å². The Labute approximate surface area is 140 Å². The van der Waals surface area contributed by atoms with E-state index in [0.717, 1.165) is 6.42 Å². The largest absolute Gasteiger partial charge is 0.376 e. The molecule has 0 bridgehead atoms. The van der Waals surface area contributed by atoms with Crippen molar-refractivity contribution in [3.8, 4) is 0 Å². The summed E-state index contributed by atoms with van der Waals surface area (Å²) in [6, 6.07) is 4.51. The van der Waals surface area contributed by atoms with Gasteiger partial charge in [-0.2, -0.15) is 0 Å². The van der Waals surface area contributed by atoms with Gasteiger partial charge in [-0.25, -0.2) is 0 Å². The van der Waals surface area contributed by atoms with Crippen molar-refractivity contribution in [2.24, 2.45) is 5.92 Å². The highest BCUT2D eigenvalue weighted by molar-refractivity contribution is 6.22. The van der Waals surface area contributed by atoms with Gasteiger partial charge in [0.15, 0.2) is 0 Å². The van der Waals surface area contributed by atoms with Crippen LogP contribution in [0.1, 0.15) is 63.7 Å². The Kier molecular flexibility index (Phi) is 4.94. The summed E-state index contributed by atoms with van der Waals surface area (Å²) in [4.78, 5) is 35.3. The van der Waals surface area contributed by atoms with Crippen molar-refractivity contribution < 1.29 is 19.1 Å². The Morgan fingerprint density at radius 2 is 1.96 bits per heavy atom. The van der Waals surface area contributed by atoms with Crippen LogP contribution in [0.25, 0.3) is 0 Å². The van der Waals surface area contributed by atoms with Crippen LogP contribution in [0.15, 0.2) is 18.2 Å². The monoisotopic (exact) mass is 330 g/mol. The fourth-order valence-electron chi connectivity index (χ4n) is 3.32. The van der Waals surface area contributed by atoms with Crippen molar-refractivity contribution in [1.29, 1.82) is 0 Å². The highest BCUT2D eigenvalue weighted by Gasteiger charge is 2.27. The number of ether oxygens (including phenoxy) is 1. The van der Waals surface area contributed by atoms with Crippen molar-refractivity contribution in [1.82, 2.24) is 10.6 Å². The van der Waals surface area contributed by atoms with Gasteiger partial charge in [0.25, 0.3) is 17.7 Å². The number of fused-ring (bicyclic) bond motifs is 1. The maximum absolute atomic E-state index is 12.2. The first-order valence-corrected chi connectivity index (χ1v) is 8.46. The van der Waals surface area contributed by atoms with Crippen molar-refractivity contribution in [3.63, 3.8) is 0 Å². The van der Waals surface area contributed by atoms with Crippen LogP contribution in [0.3, 0.4) is 0 Å². The molecule has 1 aromatic rings. The van der Waals surface area contributed by atoms with Gasteiger partial charge >= 0.3 is 0 Å². The first kappa shape index (κ1) is 16.6. The molecule has 3 rings (SSSR count). The van der Waals surface area contributed by atoms with E-state index in [1.54, 1.807) is 6.07 Å². The third-order valence-corrected chi connectivity index (χ3v) is 4.75. The summed E-state index contributed by atoms with van der Waals surface area (Å²) in [5, 5.41) is 5.00. The lowest BCUT2D eigenvalue weighted by molar-refractivity contribution is -0.00293. The first-order valence-electron chi connectivity index (χ1n) is 8.46. The number of rotatable bonds is 5. The van der Waals surface area contributed by atoms with E-state index in [0.29, 0.717) is 30.2 Å². The van der Waals surface area contributed by atoms with Gasteiger partial charge in [-0.1, -0.05) is 19.8 Å². The van der Waals surface area contributed by atoms with E-state index >= 15 is 0 Å². The summed E-state index contributed by atoms with van der Waals surface area (Å²) < 4.78 is 5.86. The molecule has 2 aliphatic rings. The fourth-order valence-corrected chi connectivity index (χ4v) is 3.32. The standard InChI is InChI=1S/C18H22N2O4/c1-11-4-2-3-5-15(11)24-9-8-19-16(21)12-6-7-13-14(10-12)18(23)20-17(13)22/h6-7,10-11,15H,2-5,8-9H2,1H3,(H,19,21)(H,20,22,23)/t11-,15+/m0/s1. The topological polar surface area (TPSA) is 84.5 Å². The van der Waals surface area contributed by atoms with E-state index in [1.807, 2.05) is 0 Å². The van der Waals surface area contributed by atoms with Crippen LogP contribution in [-0.2, 0) is 4.74 Å². The van der Waals surface area contributed by atoms with Crippen molar-refractivity contribution in [2.45, 2.75) is 38.7 Å². The molecule has 0 spiro atoms. The van der Waals surface area contributed by atoms with Crippen LogP contribution < -0.4 is 10.6 Å². The molecule has 0 unspecified atom stereocenters. The van der Waals surface area contributed by atoms with Crippen LogP contribution in [0, 0.1) is 5.92 Å². The zero-order valence-electron chi connectivity index (χ0n) is 13.8. The maximum Gasteiger partial charge on any atom is 0.258 e. The molecule has 1 fully saturated rings. The van der Waals surface area contributed by atoms with Gasteiger partial charge in [-0.3, -0.25) is 19.7 Å². The van der Waals surface area contributed by atoms with Gasteiger partial charge in [-0.15, -0.1) is 0 Å². The molecule has 1 saturated carbocycles. The molecule has 3 amide bonds. The van der Waals surface area contributed by atoms with Crippen LogP contribution in [0.2, 0.25) is 0 Å². The highest BCUT2D eigenvalue weighted by Crippen LogP contribution is 2.26. The van der Waals surface area contributed by atoms with Crippen LogP contribution in [0.4, 0.5) is 0 Å². The van der Waals surface area contributed by atoms with Crippen molar-refractivity contribution in [2.75, 3.05) is 13.2 Å². The Morgan fingerprint density at radius 3 is 2.75 bits per heavy atom. The van der Waals surface area contributed by atoms with Crippen LogP contribution in [0.5, 0.6) is 0 Å². The number of benzene rings is 1. The van der Waals surface area contributed by atoms with Crippen LogP contribution in [-0.4, -0.2) is 37.0 Å². The molecule has 1 aliphatic carbocycles. The quantitative estimate of drug-likeness (QED) is 0.638. The molecule has 0 radical (unpaired) electrons. The molecule has 2 N–H and O–H groups in total. The molecule has 0 aromatic heterocycles. The minimum absolute atomic E-state index is 0.250. The number of carbonyl (C=O) groups is 3. The Morgan fingerprint density at radius 1 is 1.21 bits per heavy atom. The van der Waals surface area contributed by atoms with Gasteiger partial charge in [0.2, 0.25) is 0 Å². The first-order chi connectivity index (χ1) is 11.6. The minimum Gasteiger partial charge on any atom is -0.376 e. The van der Waals surface area contributed by atoms with E-state index in [2.05, 4.69) is 17.6 Å². The number of amides is 3. The second-order valence-corrected chi connectivity index (χ2v) is 6.47. The minimum atomic E-state index is -0.459. The van der Waals surface area contributed by atoms with Gasteiger partial charge in [0.1, 0.15) is 0 Å². The summed E-state index contributed by atoms with van der Waals surface area (Å²) in [7, 11) is 0. The number of imide groups is 1. The molecule has 1 heterocycles. The molecular formula is C18H22N2O4. The highest BCUT2D eigenvalue weighted by atomic mass is 16.5. The Bertz CT molecular complexity index is 671. The maximum atomic E-state index is 12.2. The molecule has 6 heteroatoms. The molecule has 24 heavy (non-hydrogen) atoms. The second-order valence-electron chi connectivity index (χ2n) is 6.47. The number of hydrogen-bond acceptors (Lipinski definition) is 4. The molecule has 1 aliphatic heterocycles. The Balaban J connectivity index is 1.50. The molecule has 0 saturated heterocycles. The normalized spacial score (nSPS) is 22.9. The van der Waals surface area contributed by atoms with E-state index in [-0.39, 0.29) is 17.6 Å². The summed E-state index contributed by atoms with van der Waals surface area (Å²) >= 11 is 0. The van der Waals surface area contributed by atoms with E-state index in [4.69, 9.17) is 4.74 Å². The zero-order chi connectivity index (χ0) is 17.1. The predicted octanol–water partition coefficient (Wildman–Crippen LogP) is 1.90. The van der Waals surface area contributed by atoms with Gasteiger partial charge in [0.05, 0.1) is 23.8 Å². The second kappa shape index (κ2) is 7.13. The van der Waals surface area contributed by atoms with E-state index in [1.165, 1.54) is 31.4 Å². The third kappa shape index (κ3) is 3.48. The number of hydrogen-bond donors (Lipinski definition) is 2. The average Bonchev–Trinajstić information content (AvgIpc) is 2.87. The molecular weight excluding hydrogens is 308 g/mol. The predicted molar refractivity (Wildman–Crippen MR) is 87.9 cm³/mol. The lowest BCUT2D eigenvalue weighted by Crippen LogP contribution is -2.31. The fraction of sp³-hybridized carbons (Fsp3) is 0.500. The van der Waals surface area contributed by atoms with Gasteiger partial charge in [0, 0.05) is 12.1 Å². The van der Waals surface area contributed by atoms with Crippen LogP contribution >= 0.6 is 0 Å². The Hall–Kier alpha value is -2.21. The van der Waals surface area contributed by atoms with Gasteiger partial charge < -0.3 is 10.1 Å². The SMILES string of the molecule is C[C@H]1CCCC[C@H]1OCCNC(=O)c1ccc2c(c1)C(=O)NC2=O. The lowest BCUT2D eigenvalue weighted by Gasteiger charge is -2.28. The smallest absolute Gasteiger partial charge is 0.258 e. The lowest BCUT2D eigenvalue weighted by atomic mass is 9.88.